The smallest absolute Gasteiger partial charge is 0.243 e. The molecule has 0 saturated carbocycles. The first kappa shape index (κ1) is 16.8. The Balaban J connectivity index is 1.85. The van der Waals surface area contributed by atoms with E-state index >= 15 is 0 Å². The summed E-state index contributed by atoms with van der Waals surface area (Å²) in [5.41, 5.74) is 0. The summed E-state index contributed by atoms with van der Waals surface area (Å²) in [7, 11) is -3.61. The Morgan fingerprint density at radius 3 is 2.43 bits per heavy atom. The van der Waals surface area contributed by atoms with E-state index in [1.807, 2.05) is 16.7 Å². The highest BCUT2D eigenvalue weighted by Gasteiger charge is 2.39. The summed E-state index contributed by atoms with van der Waals surface area (Å²) in [5.74, 6) is 1.85. The average molecular weight is 354 g/mol. The van der Waals surface area contributed by atoms with E-state index in [1.54, 1.807) is 30.3 Å². The van der Waals surface area contributed by atoms with Gasteiger partial charge in [0.2, 0.25) is 15.9 Å². The summed E-state index contributed by atoms with van der Waals surface area (Å²) in [5, 5.41) is 0. The zero-order chi connectivity index (χ0) is 16.3. The van der Waals surface area contributed by atoms with Crippen LogP contribution in [0.1, 0.15) is 19.3 Å². The predicted molar refractivity (Wildman–Crippen MR) is 91.9 cm³/mol. The number of carbonyl (C=O) groups is 1. The van der Waals surface area contributed by atoms with Gasteiger partial charge in [-0.3, -0.25) is 4.79 Å². The molecule has 1 amide bonds. The minimum Gasteiger partial charge on any atom is -0.340 e. The van der Waals surface area contributed by atoms with E-state index < -0.39 is 16.1 Å². The quantitative estimate of drug-likeness (QED) is 0.831. The number of piperidine rings is 1. The maximum absolute atomic E-state index is 12.9. The first-order chi connectivity index (χ1) is 11.1. The Labute approximate surface area is 142 Å². The van der Waals surface area contributed by atoms with Gasteiger partial charge in [-0.1, -0.05) is 24.6 Å². The molecule has 5 nitrogen and oxygen atoms in total. The number of hydrogen-bond donors (Lipinski definition) is 0. The van der Waals surface area contributed by atoms with Crippen molar-refractivity contribution in [3.63, 3.8) is 0 Å². The molecule has 0 aliphatic carbocycles. The molecule has 0 N–H and O–H groups in total. The third-order valence-electron chi connectivity index (χ3n) is 4.41. The molecule has 7 heteroatoms. The molecule has 2 aliphatic rings. The van der Waals surface area contributed by atoms with Crippen LogP contribution in [0.2, 0.25) is 0 Å². The molecular weight excluding hydrogens is 332 g/mol. The van der Waals surface area contributed by atoms with Crippen LogP contribution in [0.5, 0.6) is 0 Å². The third kappa shape index (κ3) is 3.56. The predicted octanol–water partition coefficient (Wildman–Crippen LogP) is 1.81. The second-order valence-corrected chi connectivity index (χ2v) is 8.99. The lowest BCUT2D eigenvalue weighted by atomic mass is 10.0. The Morgan fingerprint density at radius 2 is 1.74 bits per heavy atom. The van der Waals surface area contributed by atoms with Crippen molar-refractivity contribution in [3.8, 4) is 0 Å². The SMILES string of the molecule is O=C(C1CCCCN1S(=O)(=O)c1ccccc1)N1CCSCC1. The number of amides is 1. The van der Waals surface area contributed by atoms with Gasteiger partial charge in [0.05, 0.1) is 4.90 Å². The second kappa shape index (κ2) is 7.23. The molecule has 1 unspecified atom stereocenters. The third-order valence-corrected chi connectivity index (χ3v) is 7.28. The van der Waals surface area contributed by atoms with E-state index in [9.17, 15) is 13.2 Å². The zero-order valence-electron chi connectivity index (χ0n) is 13.1. The molecule has 0 aromatic heterocycles. The largest absolute Gasteiger partial charge is 0.340 e. The minimum absolute atomic E-state index is 0.0236. The van der Waals surface area contributed by atoms with Crippen molar-refractivity contribution in [1.82, 2.24) is 9.21 Å². The highest BCUT2D eigenvalue weighted by Crippen LogP contribution is 2.27. The molecule has 0 bridgehead atoms. The highest BCUT2D eigenvalue weighted by molar-refractivity contribution is 7.99. The number of sulfonamides is 1. The standard InChI is InChI=1S/C16H22N2O3S2/c19-16(17-10-12-22-13-11-17)15-8-4-5-9-18(15)23(20,21)14-6-2-1-3-7-14/h1-3,6-7,15H,4-5,8-13H2. The van der Waals surface area contributed by atoms with Gasteiger partial charge in [0, 0.05) is 31.1 Å². The molecule has 2 heterocycles. The van der Waals surface area contributed by atoms with E-state index in [-0.39, 0.29) is 10.8 Å². The number of carbonyl (C=O) groups excluding carboxylic acids is 1. The number of nitrogens with zero attached hydrogens (tertiary/aromatic N) is 2. The van der Waals surface area contributed by atoms with Crippen LogP contribution < -0.4 is 0 Å². The molecule has 2 saturated heterocycles. The van der Waals surface area contributed by atoms with Crippen LogP contribution in [0, 0.1) is 0 Å². The van der Waals surface area contributed by atoms with E-state index in [0.717, 1.165) is 37.4 Å². The summed E-state index contributed by atoms with van der Waals surface area (Å²) in [6.07, 6.45) is 2.33. The number of thioether (sulfide) groups is 1. The maximum atomic E-state index is 12.9. The fourth-order valence-corrected chi connectivity index (χ4v) is 5.74. The van der Waals surface area contributed by atoms with Crippen LogP contribution in [0.25, 0.3) is 0 Å². The van der Waals surface area contributed by atoms with Crippen LogP contribution in [0.3, 0.4) is 0 Å². The van der Waals surface area contributed by atoms with Crippen LogP contribution >= 0.6 is 11.8 Å². The minimum atomic E-state index is -3.61. The van der Waals surface area contributed by atoms with Gasteiger partial charge in [0.25, 0.3) is 0 Å². The summed E-state index contributed by atoms with van der Waals surface area (Å²) in [4.78, 5) is 15.0. The lowest BCUT2D eigenvalue weighted by Crippen LogP contribution is -2.54. The fraction of sp³-hybridized carbons (Fsp3) is 0.562. The molecule has 1 atom stereocenters. The highest BCUT2D eigenvalue weighted by atomic mass is 32.2. The molecule has 126 valence electrons. The van der Waals surface area contributed by atoms with Gasteiger partial charge in [-0.25, -0.2) is 8.42 Å². The van der Waals surface area contributed by atoms with Gasteiger partial charge in [0.1, 0.15) is 6.04 Å². The van der Waals surface area contributed by atoms with Crippen LogP contribution in [0.15, 0.2) is 35.2 Å². The normalized spacial score (nSPS) is 23.7. The van der Waals surface area contributed by atoms with E-state index in [1.165, 1.54) is 4.31 Å². The van der Waals surface area contributed by atoms with E-state index in [0.29, 0.717) is 13.0 Å². The van der Waals surface area contributed by atoms with Crippen molar-refractivity contribution in [3.05, 3.63) is 30.3 Å². The first-order valence-corrected chi connectivity index (χ1v) is 10.6. The summed E-state index contributed by atoms with van der Waals surface area (Å²) < 4.78 is 27.3. The molecular formula is C16H22N2O3S2. The second-order valence-electron chi connectivity index (χ2n) is 5.88. The molecule has 1 aromatic rings. The Bertz CT molecular complexity index is 643. The van der Waals surface area contributed by atoms with Crippen molar-refractivity contribution >= 4 is 27.7 Å². The molecule has 2 fully saturated rings. The van der Waals surface area contributed by atoms with Crippen LogP contribution in [0.4, 0.5) is 0 Å². The maximum Gasteiger partial charge on any atom is 0.243 e. The Hall–Kier alpha value is -1.05. The van der Waals surface area contributed by atoms with Crippen molar-refractivity contribution in [2.45, 2.75) is 30.2 Å². The molecule has 0 spiro atoms. The zero-order valence-corrected chi connectivity index (χ0v) is 14.7. The van der Waals surface area contributed by atoms with Gasteiger partial charge < -0.3 is 4.90 Å². The topological polar surface area (TPSA) is 57.7 Å². The van der Waals surface area contributed by atoms with Gasteiger partial charge in [0.15, 0.2) is 0 Å². The van der Waals surface area contributed by atoms with Crippen molar-refractivity contribution in [2.24, 2.45) is 0 Å². The fourth-order valence-electron chi connectivity index (χ4n) is 3.16. The van der Waals surface area contributed by atoms with Crippen LogP contribution in [-0.4, -0.2) is 60.7 Å². The number of benzene rings is 1. The molecule has 0 radical (unpaired) electrons. The number of hydrogen-bond acceptors (Lipinski definition) is 4. The van der Waals surface area contributed by atoms with E-state index in [4.69, 9.17) is 0 Å². The average Bonchev–Trinajstić information content (AvgIpc) is 2.62. The Morgan fingerprint density at radius 1 is 1.04 bits per heavy atom. The Kier molecular flexibility index (Phi) is 5.28. The van der Waals surface area contributed by atoms with E-state index in [2.05, 4.69) is 0 Å². The lowest BCUT2D eigenvalue weighted by molar-refractivity contribution is -0.135. The van der Waals surface area contributed by atoms with Gasteiger partial charge in [-0.15, -0.1) is 0 Å². The number of rotatable bonds is 3. The molecule has 1 aromatic carbocycles. The van der Waals surface area contributed by atoms with Gasteiger partial charge >= 0.3 is 0 Å². The summed E-state index contributed by atoms with van der Waals surface area (Å²) >= 11 is 1.84. The molecule has 2 aliphatic heterocycles. The van der Waals surface area contributed by atoms with Crippen molar-refractivity contribution in [1.29, 1.82) is 0 Å². The van der Waals surface area contributed by atoms with Crippen LogP contribution in [-0.2, 0) is 14.8 Å². The lowest BCUT2D eigenvalue weighted by Gasteiger charge is -2.37. The first-order valence-electron chi connectivity index (χ1n) is 8.04. The summed E-state index contributed by atoms with van der Waals surface area (Å²) in [6, 6.07) is 7.89. The molecule has 3 rings (SSSR count). The van der Waals surface area contributed by atoms with Gasteiger partial charge in [-0.05, 0) is 25.0 Å². The monoisotopic (exact) mass is 354 g/mol. The molecule has 23 heavy (non-hydrogen) atoms. The van der Waals surface area contributed by atoms with Crippen molar-refractivity contribution in [2.75, 3.05) is 31.1 Å². The van der Waals surface area contributed by atoms with Crippen molar-refractivity contribution < 1.29 is 13.2 Å². The summed E-state index contributed by atoms with van der Waals surface area (Å²) in [6.45, 7) is 1.87. The van der Waals surface area contributed by atoms with Gasteiger partial charge in [-0.2, -0.15) is 16.1 Å².